The van der Waals surface area contributed by atoms with Gasteiger partial charge in [0.05, 0.1) is 24.2 Å². The van der Waals surface area contributed by atoms with Crippen molar-refractivity contribution in [2.45, 2.75) is 37.0 Å². The molecule has 5 aromatic rings. The van der Waals surface area contributed by atoms with Gasteiger partial charge in [-0.1, -0.05) is 49.0 Å². The summed E-state index contributed by atoms with van der Waals surface area (Å²) in [6, 6.07) is 16.4. The van der Waals surface area contributed by atoms with Gasteiger partial charge >= 0.3 is 6.18 Å². The van der Waals surface area contributed by atoms with E-state index in [1.54, 1.807) is 22.9 Å². The third-order valence-electron chi connectivity index (χ3n) is 5.68. The lowest BCUT2D eigenvalue weighted by atomic mass is 10.1. The van der Waals surface area contributed by atoms with Gasteiger partial charge in [0.15, 0.2) is 5.16 Å². The van der Waals surface area contributed by atoms with Gasteiger partial charge in [0.1, 0.15) is 15.3 Å². The Labute approximate surface area is 219 Å². The van der Waals surface area contributed by atoms with Crippen molar-refractivity contribution in [2.75, 3.05) is 6.61 Å². The van der Waals surface area contributed by atoms with Crippen molar-refractivity contribution in [1.82, 2.24) is 14.5 Å². The molecule has 2 aromatic carbocycles. The van der Waals surface area contributed by atoms with Crippen molar-refractivity contribution in [3.05, 3.63) is 93.9 Å². The zero-order chi connectivity index (χ0) is 26.0. The van der Waals surface area contributed by atoms with Gasteiger partial charge in [0, 0.05) is 17.3 Å². The number of fused-ring (bicyclic) bond motifs is 3. The molecule has 0 fully saturated rings. The summed E-state index contributed by atoms with van der Waals surface area (Å²) in [4.78, 5) is 23.5. The number of thiophene rings is 1. The average molecular weight is 542 g/mol. The number of hydrogen-bond acceptors (Lipinski definition) is 6. The second-order valence-corrected chi connectivity index (χ2v) is 10.3. The summed E-state index contributed by atoms with van der Waals surface area (Å²) >= 11 is 2.53. The molecule has 0 N–H and O–H groups in total. The Morgan fingerprint density at radius 3 is 2.62 bits per heavy atom. The lowest BCUT2D eigenvalue weighted by Crippen LogP contribution is -2.23. The van der Waals surface area contributed by atoms with Crippen LogP contribution in [0.1, 0.15) is 30.0 Å². The van der Waals surface area contributed by atoms with Crippen molar-refractivity contribution >= 4 is 43.5 Å². The van der Waals surface area contributed by atoms with Crippen molar-refractivity contribution in [3.63, 3.8) is 0 Å². The third kappa shape index (κ3) is 5.50. The van der Waals surface area contributed by atoms with Gasteiger partial charge in [-0.15, -0.1) is 11.3 Å². The van der Waals surface area contributed by atoms with E-state index in [-0.39, 0.29) is 17.9 Å². The molecule has 5 rings (SSSR count). The van der Waals surface area contributed by atoms with Crippen LogP contribution in [0.5, 0.6) is 5.75 Å². The molecule has 3 heterocycles. The molecule has 0 saturated carbocycles. The smallest absolute Gasteiger partial charge is 0.416 e. The number of aromatic nitrogens is 3. The molecule has 0 atom stereocenters. The number of alkyl halides is 3. The van der Waals surface area contributed by atoms with Crippen LogP contribution in [0.4, 0.5) is 13.2 Å². The third-order valence-corrected chi connectivity index (χ3v) is 7.82. The van der Waals surface area contributed by atoms with Gasteiger partial charge in [-0.2, -0.15) is 13.2 Å². The molecule has 0 aliphatic heterocycles. The molecular formula is C27H22F3N3O2S2. The van der Waals surface area contributed by atoms with Crippen molar-refractivity contribution in [1.29, 1.82) is 0 Å². The van der Waals surface area contributed by atoms with E-state index in [1.165, 1.54) is 29.2 Å². The fourth-order valence-electron chi connectivity index (χ4n) is 3.87. The number of rotatable bonds is 8. The molecule has 10 heteroatoms. The standard InChI is InChI=1S/C27H22F3N3O2S2/c1-2-13-35-20-10-8-17(9-11-20)15-33-25(34)23-22(21-7-4-12-31-24(21)37-23)32-26(33)36-16-18-5-3-6-19(14-18)27(28,29)30/h3-12,14H,2,13,15-16H2,1H3. The summed E-state index contributed by atoms with van der Waals surface area (Å²) in [5.41, 5.74) is 1.03. The van der Waals surface area contributed by atoms with Crippen LogP contribution in [-0.4, -0.2) is 21.1 Å². The minimum atomic E-state index is -4.42. The zero-order valence-corrected chi connectivity index (χ0v) is 21.4. The Morgan fingerprint density at radius 2 is 1.86 bits per heavy atom. The molecule has 0 aliphatic carbocycles. The van der Waals surface area contributed by atoms with Crippen LogP contribution >= 0.6 is 23.1 Å². The van der Waals surface area contributed by atoms with E-state index in [0.29, 0.717) is 32.4 Å². The first-order valence-electron chi connectivity index (χ1n) is 11.6. The summed E-state index contributed by atoms with van der Waals surface area (Å²) in [5, 5.41) is 1.22. The Kier molecular flexibility index (Phi) is 7.21. The molecule has 3 aromatic heterocycles. The number of benzene rings is 2. The number of pyridine rings is 1. The Balaban J connectivity index is 1.53. The van der Waals surface area contributed by atoms with Crippen molar-refractivity contribution in [3.8, 4) is 5.75 Å². The first kappa shape index (κ1) is 25.3. The van der Waals surface area contributed by atoms with Crippen LogP contribution in [0.3, 0.4) is 0 Å². The summed E-state index contributed by atoms with van der Waals surface area (Å²) < 4.78 is 47.3. The van der Waals surface area contributed by atoms with Crippen molar-refractivity contribution in [2.24, 2.45) is 0 Å². The maximum atomic E-state index is 13.6. The quantitative estimate of drug-likeness (QED) is 0.154. The van der Waals surface area contributed by atoms with E-state index in [2.05, 4.69) is 4.98 Å². The molecule has 0 amide bonds. The topological polar surface area (TPSA) is 57.0 Å². The number of thioether (sulfide) groups is 1. The van der Waals surface area contributed by atoms with E-state index >= 15 is 0 Å². The van der Waals surface area contributed by atoms with Crippen LogP contribution in [0, 0.1) is 0 Å². The van der Waals surface area contributed by atoms with Crippen LogP contribution in [0.15, 0.2) is 76.8 Å². The van der Waals surface area contributed by atoms with E-state index in [1.807, 2.05) is 37.3 Å². The second kappa shape index (κ2) is 10.5. The Hall–Kier alpha value is -3.37. The van der Waals surface area contributed by atoms with E-state index in [9.17, 15) is 18.0 Å². The molecule has 0 unspecified atom stereocenters. The van der Waals surface area contributed by atoms with Gasteiger partial charge in [-0.3, -0.25) is 9.36 Å². The molecule has 190 valence electrons. The van der Waals surface area contributed by atoms with E-state index in [0.717, 1.165) is 35.3 Å². The van der Waals surface area contributed by atoms with Gasteiger partial charge in [0.25, 0.3) is 5.56 Å². The summed E-state index contributed by atoms with van der Waals surface area (Å²) in [7, 11) is 0. The van der Waals surface area contributed by atoms with Gasteiger partial charge in [-0.05, 0) is 47.9 Å². The van der Waals surface area contributed by atoms with Crippen molar-refractivity contribution < 1.29 is 17.9 Å². The van der Waals surface area contributed by atoms with E-state index < -0.39 is 11.7 Å². The predicted octanol–water partition coefficient (Wildman–Crippen LogP) is 7.15. The van der Waals surface area contributed by atoms with E-state index in [4.69, 9.17) is 9.72 Å². The summed E-state index contributed by atoms with van der Waals surface area (Å²) in [5.74, 6) is 0.979. The predicted molar refractivity (Wildman–Crippen MR) is 142 cm³/mol. The highest BCUT2D eigenvalue weighted by atomic mass is 32.2. The SMILES string of the molecule is CCCOc1ccc(Cn2c(SCc3cccc(C(F)(F)F)c3)nc3c(sc4ncccc43)c2=O)cc1. The molecule has 0 aliphatic rings. The molecule has 0 saturated heterocycles. The maximum absolute atomic E-state index is 13.6. The minimum absolute atomic E-state index is 0.203. The monoisotopic (exact) mass is 541 g/mol. The first-order chi connectivity index (χ1) is 17.8. The molecule has 0 spiro atoms. The highest BCUT2D eigenvalue weighted by Gasteiger charge is 2.30. The second-order valence-electron chi connectivity index (χ2n) is 8.40. The Bertz CT molecular complexity index is 1610. The molecule has 0 bridgehead atoms. The fraction of sp³-hybridized carbons (Fsp3) is 0.222. The van der Waals surface area contributed by atoms with Crippen LogP contribution < -0.4 is 10.3 Å². The normalized spacial score (nSPS) is 11.9. The lowest BCUT2D eigenvalue weighted by molar-refractivity contribution is -0.137. The van der Waals surface area contributed by atoms with Gasteiger partial charge in [-0.25, -0.2) is 9.97 Å². The summed E-state index contributed by atoms with van der Waals surface area (Å²) in [6.45, 7) is 2.92. The first-order valence-corrected chi connectivity index (χ1v) is 13.4. The van der Waals surface area contributed by atoms with Crippen LogP contribution in [-0.2, 0) is 18.5 Å². The van der Waals surface area contributed by atoms with Gasteiger partial charge < -0.3 is 4.74 Å². The molecular weight excluding hydrogens is 519 g/mol. The number of ether oxygens (including phenoxy) is 1. The minimum Gasteiger partial charge on any atom is -0.494 e. The maximum Gasteiger partial charge on any atom is 0.416 e. The highest BCUT2D eigenvalue weighted by Crippen LogP contribution is 2.33. The average Bonchev–Trinajstić information content (AvgIpc) is 3.27. The Morgan fingerprint density at radius 1 is 1.05 bits per heavy atom. The number of halogens is 3. The molecule has 37 heavy (non-hydrogen) atoms. The zero-order valence-electron chi connectivity index (χ0n) is 19.8. The fourth-order valence-corrected chi connectivity index (χ4v) is 5.84. The molecule has 5 nitrogen and oxygen atoms in total. The largest absolute Gasteiger partial charge is 0.494 e. The lowest BCUT2D eigenvalue weighted by Gasteiger charge is -2.13. The summed E-state index contributed by atoms with van der Waals surface area (Å²) in [6.07, 6.45) is -1.85. The van der Waals surface area contributed by atoms with Gasteiger partial charge in [0.2, 0.25) is 0 Å². The molecule has 0 radical (unpaired) electrons. The number of hydrogen-bond donors (Lipinski definition) is 0. The van der Waals surface area contributed by atoms with Crippen LogP contribution in [0.25, 0.3) is 20.4 Å². The highest BCUT2D eigenvalue weighted by molar-refractivity contribution is 7.98. The number of nitrogens with zero attached hydrogens (tertiary/aromatic N) is 3. The van der Waals surface area contributed by atoms with Crippen LogP contribution in [0.2, 0.25) is 0 Å².